The maximum Gasteiger partial charge on any atom is 0.340 e. The van der Waals surface area contributed by atoms with Crippen LogP contribution in [0.15, 0.2) is 60.7 Å². The molecule has 32 heavy (non-hydrogen) atoms. The quantitative estimate of drug-likeness (QED) is 0.323. The van der Waals surface area contributed by atoms with E-state index in [1.165, 1.54) is 6.92 Å². The monoisotopic (exact) mass is 536 g/mol. The lowest BCUT2D eigenvalue weighted by Crippen LogP contribution is -2.19. The highest BCUT2D eigenvalue weighted by Crippen LogP contribution is 2.30. The first kappa shape index (κ1) is 23.0. The highest BCUT2D eigenvalue weighted by molar-refractivity contribution is 14.1. The van der Waals surface area contributed by atoms with Crippen LogP contribution in [0.2, 0.25) is 0 Å². The van der Waals surface area contributed by atoms with Crippen LogP contribution in [-0.4, -0.2) is 11.9 Å². The second kappa shape index (κ2) is 10.6. The molecule has 0 heterocycles. The van der Waals surface area contributed by atoms with E-state index in [9.17, 15) is 20.1 Å². The third-order valence-electron chi connectivity index (χ3n) is 4.75. The Balaban J connectivity index is 2.00. The van der Waals surface area contributed by atoms with Crippen molar-refractivity contribution in [3.8, 4) is 12.1 Å². The molecule has 0 saturated carbocycles. The molecule has 0 aliphatic rings. The molecule has 7 heteroatoms. The lowest BCUT2D eigenvalue weighted by Gasteiger charge is -2.16. The van der Waals surface area contributed by atoms with E-state index in [0.29, 0.717) is 0 Å². The first-order valence-corrected chi connectivity index (χ1v) is 10.6. The maximum atomic E-state index is 13.0. The molecule has 158 valence electrons. The van der Waals surface area contributed by atoms with Crippen molar-refractivity contribution in [3.63, 3.8) is 0 Å². The number of halogens is 1. The zero-order valence-corrected chi connectivity index (χ0v) is 19.3. The third kappa shape index (κ3) is 4.96. The smallest absolute Gasteiger partial charge is 0.340 e. The summed E-state index contributed by atoms with van der Waals surface area (Å²) in [7, 11) is 0. The Kier molecular flexibility index (Phi) is 7.58. The first-order valence-electron chi connectivity index (χ1n) is 9.56. The summed E-state index contributed by atoms with van der Waals surface area (Å²) >= 11 is 1.79. The molecule has 0 aliphatic heterocycles. The van der Waals surface area contributed by atoms with Crippen molar-refractivity contribution in [2.45, 2.75) is 20.1 Å². The number of carbonyl (C=O) groups is 2. The van der Waals surface area contributed by atoms with E-state index in [2.05, 4.69) is 0 Å². The molecule has 0 fully saturated rings. The Hall–Kier alpha value is -3.69. The van der Waals surface area contributed by atoms with Crippen molar-refractivity contribution in [1.29, 1.82) is 10.5 Å². The van der Waals surface area contributed by atoms with E-state index in [4.69, 9.17) is 9.47 Å². The molecular formula is C25H17IN2O4. The molecule has 0 bridgehead atoms. The predicted octanol–water partition coefficient (Wildman–Crippen LogP) is 5.06. The van der Waals surface area contributed by atoms with Crippen molar-refractivity contribution in [1.82, 2.24) is 0 Å². The van der Waals surface area contributed by atoms with Gasteiger partial charge in [-0.05, 0) is 46.2 Å². The normalized spacial score (nSPS) is 10.0. The summed E-state index contributed by atoms with van der Waals surface area (Å²) in [5.41, 5.74) is 1.66. The highest BCUT2D eigenvalue weighted by Gasteiger charge is 2.30. The van der Waals surface area contributed by atoms with Crippen LogP contribution in [0.4, 0.5) is 0 Å². The van der Waals surface area contributed by atoms with Crippen LogP contribution in [-0.2, 0) is 22.7 Å². The number of benzene rings is 3. The summed E-state index contributed by atoms with van der Waals surface area (Å²) in [4.78, 5) is 26.1. The number of ether oxygens (including phenoxy) is 2. The molecule has 0 N–H and O–H groups in total. The highest BCUT2D eigenvalue weighted by atomic mass is 127. The van der Waals surface area contributed by atoms with E-state index in [-0.39, 0.29) is 44.6 Å². The standard InChI is InChI=1S/C25H17IN2O4/c1-16-19(12-27)20(13-28)23(26)22(25(30)32-15-18-10-6-3-7-11-18)21(16)24(29)31-14-17-8-4-2-5-9-17/h2-11H,14-15H2,1H3. The third-order valence-corrected chi connectivity index (χ3v) is 5.83. The van der Waals surface area contributed by atoms with Crippen LogP contribution in [0.3, 0.4) is 0 Å². The lowest BCUT2D eigenvalue weighted by molar-refractivity contribution is 0.0423. The Bertz CT molecular complexity index is 1140. The molecule has 0 unspecified atom stereocenters. The van der Waals surface area contributed by atoms with E-state index in [0.717, 1.165) is 11.1 Å². The number of hydrogen-bond acceptors (Lipinski definition) is 6. The van der Waals surface area contributed by atoms with Crippen LogP contribution < -0.4 is 0 Å². The van der Waals surface area contributed by atoms with Gasteiger partial charge in [0, 0.05) is 3.57 Å². The van der Waals surface area contributed by atoms with E-state index in [1.54, 1.807) is 46.9 Å². The number of nitriles is 2. The van der Waals surface area contributed by atoms with Crippen molar-refractivity contribution in [2.24, 2.45) is 0 Å². The SMILES string of the molecule is Cc1c(C#N)c(C#N)c(I)c(C(=O)OCc2ccccc2)c1C(=O)OCc1ccccc1. The average Bonchev–Trinajstić information content (AvgIpc) is 2.82. The molecule has 0 saturated heterocycles. The van der Waals surface area contributed by atoms with Gasteiger partial charge in [-0.25, -0.2) is 9.59 Å². The van der Waals surface area contributed by atoms with E-state index in [1.807, 2.05) is 48.5 Å². The molecule has 0 aliphatic carbocycles. The molecule has 0 aromatic heterocycles. The Labute approximate surface area is 199 Å². The van der Waals surface area contributed by atoms with Crippen LogP contribution in [0.1, 0.15) is 48.5 Å². The molecule has 6 nitrogen and oxygen atoms in total. The van der Waals surface area contributed by atoms with Gasteiger partial charge in [-0.1, -0.05) is 60.7 Å². The fourth-order valence-corrected chi connectivity index (χ4v) is 4.01. The van der Waals surface area contributed by atoms with Gasteiger partial charge in [0.1, 0.15) is 25.4 Å². The summed E-state index contributed by atoms with van der Waals surface area (Å²) in [5.74, 6) is -1.54. The minimum Gasteiger partial charge on any atom is -0.457 e. The van der Waals surface area contributed by atoms with Gasteiger partial charge in [-0.15, -0.1) is 0 Å². The van der Waals surface area contributed by atoms with Gasteiger partial charge in [0.25, 0.3) is 0 Å². The van der Waals surface area contributed by atoms with Gasteiger partial charge in [0.05, 0.1) is 22.3 Å². The molecule has 0 spiro atoms. The van der Waals surface area contributed by atoms with E-state index >= 15 is 0 Å². The largest absolute Gasteiger partial charge is 0.457 e. The van der Waals surface area contributed by atoms with Crippen LogP contribution >= 0.6 is 22.6 Å². The van der Waals surface area contributed by atoms with Crippen molar-refractivity contribution < 1.29 is 19.1 Å². The van der Waals surface area contributed by atoms with Gasteiger partial charge in [0.15, 0.2) is 0 Å². The van der Waals surface area contributed by atoms with Crippen LogP contribution in [0.5, 0.6) is 0 Å². The number of rotatable bonds is 6. The zero-order chi connectivity index (χ0) is 23.1. The minimum absolute atomic E-state index is 0.00389. The first-order chi connectivity index (χ1) is 15.5. The molecule has 3 aromatic carbocycles. The fourth-order valence-electron chi connectivity index (χ4n) is 3.13. The zero-order valence-electron chi connectivity index (χ0n) is 17.1. The Morgan fingerprint density at radius 3 is 1.66 bits per heavy atom. The van der Waals surface area contributed by atoms with Gasteiger partial charge in [-0.2, -0.15) is 10.5 Å². The Morgan fingerprint density at radius 2 is 1.22 bits per heavy atom. The Morgan fingerprint density at radius 1 is 0.781 bits per heavy atom. The number of esters is 2. The number of hydrogen-bond donors (Lipinski definition) is 0. The van der Waals surface area contributed by atoms with Crippen molar-refractivity contribution in [2.75, 3.05) is 0 Å². The summed E-state index contributed by atoms with van der Waals surface area (Å²) in [5, 5.41) is 19.2. The maximum absolute atomic E-state index is 13.0. The molecule has 3 aromatic rings. The van der Waals surface area contributed by atoms with E-state index < -0.39 is 11.9 Å². The predicted molar refractivity (Wildman–Crippen MR) is 124 cm³/mol. The second-order valence-electron chi connectivity index (χ2n) is 6.79. The van der Waals surface area contributed by atoms with Gasteiger partial charge in [0.2, 0.25) is 0 Å². The number of nitrogens with zero attached hydrogens (tertiary/aromatic N) is 2. The summed E-state index contributed by atoms with van der Waals surface area (Å²) in [6.45, 7) is 1.51. The average molecular weight is 536 g/mol. The number of carbonyl (C=O) groups excluding carboxylic acids is 2. The lowest BCUT2D eigenvalue weighted by atomic mass is 9.93. The molecule has 3 rings (SSSR count). The summed E-state index contributed by atoms with van der Waals surface area (Å²) in [6.07, 6.45) is 0. The molecule has 0 radical (unpaired) electrons. The topological polar surface area (TPSA) is 100 Å². The molecule has 0 amide bonds. The second-order valence-corrected chi connectivity index (χ2v) is 7.86. The molecule has 0 atom stereocenters. The molecular weight excluding hydrogens is 519 g/mol. The van der Waals surface area contributed by atoms with Gasteiger partial charge < -0.3 is 9.47 Å². The summed E-state index contributed by atoms with van der Waals surface area (Å²) < 4.78 is 11.0. The van der Waals surface area contributed by atoms with Crippen LogP contribution in [0, 0.1) is 33.2 Å². The van der Waals surface area contributed by atoms with Crippen molar-refractivity contribution >= 4 is 34.5 Å². The van der Waals surface area contributed by atoms with Gasteiger partial charge in [-0.3, -0.25) is 0 Å². The van der Waals surface area contributed by atoms with Crippen molar-refractivity contribution in [3.05, 3.63) is 103 Å². The van der Waals surface area contributed by atoms with Gasteiger partial charge >= 0.3 is 11.9 Å². The minimum atomic E-state index is -0.769. The van der Waals surface area contributed by atoms with Crippen LogP contribution in [0.25, 0.3) is 0 Å². The fraction of sp³-hybridized carbons (Fsp3) is 0.120. The summed E-state index contributed by atoms with van der Waals surface area (Å²) in [6, 6.07) is 22.1.